The molecule has 1 heterocycles. The van der Waals surface area contributed by atoms with Crippen molar-refractivity contribution in [2.45, 2.75) is 19.1 Å². The molecule has 0 aliphatic rings. The topological polar surface area (TPSA) is 91.7 Å². The van der Waals surface area contributed by atoms with Crippen molar-refractivity contribution in [2.75, 3.05) is 0 Å². The zero-order valence-electron chi connectivity index (χ0n) is 8.12. The molecule has 0 saturated heterocycles. The summed E-state index contributed by atoms with van der Waals surface area (Å²) in [5.41, 5.74) is 2.22. The number of hydrogen-bond acceptors (Lipinski definition) is 5. The molecule has 15 heavy (non-hydrogen) atoms. The molecule has 0 radical (unpaired) electrons. The van der Waals surface area contributed by atoms with Gasteiger partial charge in [0.15, 0.2) is 6.04 Å². The molecule has 0 aliphatic heterocycles. The lowest BCUT2D eigenvalue weighted by Crippen LogP contribution is -2.46. The zero-order chi connectivity index (χ0) is 11.3. The Kier molecular flexibility index (Phi) is 4.02. The first-order valence-corrected chi connectivity index (χ1v) is 4.35. The molecule has 0 aliphatic carbocycles. The summed E-state index contributed by atoms with van der Waals surface area (Å²) in [5.74, 6) is -0.953. The van der Waals surface area contributed by atoms with Crippen molar-refractivity contribution >= 4 is 5.97 Å². The Morgan fingerprint density at radius 2 is 2.33 bits per heavy atom. The molecule has 0 saturated carbocycles. The first-order valence-electron chi connectivity index (χ1n) is 4.35. The van der Waals surface area contributed by atoms with Gasteiger partial charge in [0, 0.05) is 12.3 Å². The van der Waals surface area contributed by atoms with Crippen LogP contribution in [0.5, 0.6) is 5.88 Å². The van der Waals surface area contributed by atoms with Gasteiger partial charge in [-0.2, -0.15) is 0 Å². The summed E-state index contributed by atoms with van der Waals surface area (Å²) < 4.78 is 0. The molecule has 0 spiro atoms. The highest BCUT2D eigenvalue weighted by Crippen LogP contribution is 2.02. The Labute approximate surface area is 86.5 Å². The number of hydroxylamine groups is 1. The molecule has 0 fully saturated rings. The smallest absolute Gasteiger partial charge is 0.326 e. The molecule has 0 aromatic carbocycles. The van der Waals surface area contributed by atoms with Gasteiger partial charge in [-0.05, 0) is 13.0 Å². The third kappa shape index (κ3) is 3.53. The van der Waals surface area contributed by atoms with Crippen LogP contribution in [0, 0.1) is 0 Å². The molecule has 2 atom stereocenters. The van der Waals surface area contributed by atoms with Gasteiger partial charge in [-0.25, -0.2) is 4.98 Å². The molecule has 6 nitrogen and oxygen atoms in total. The second-order valence-electron chi connectivity index (χ2n) is 2.94. The van der Waals surface area contributed by atoms with Crippen LogP contribution >= 0.6 is 0 Å². The molecule has 3 N–H and O–H groups in total. The highest BCUT2D eigenvalue weighted by Gasteiger charge is 2.23. The van der Waals surface area contributed by atoms with Crippen molar-refractivity contribution in [3.63, 3.8) is 0 Å². The van der Waals surface area contributed by atoms with Crippen molar-refractivity contribution in [3.8, 4) is 5.88 Å². The van der Waals surface area contributed by atoms with Gasteiger partial charge in [-0.1, -0.05) is 6.07 Å². The van der Waals surface area contributed by atoms with Crippen LogP contribution in [0.15, 0.2) is 24.4 Å². The quantitative estimate of drug-likeness (QED) is 0.585. The average Bonchev–Trinajstić information content (AvgIpc) is 2.18. The second kappa shape index (κ2) is 5.28. The van der Waals surface area contributed by atoms with Crippen molar-refractivity contribution < 1.29 is 19.8 Å². The Bertz CT molecular complexity index is 315. The number of hydrogen-bond donors (Lipinski definition) is 3. The van der Waals surface area contributed by atoms with Crippen LogP contribution in [0.2, 0.25) is 0 Å². The van der Waals surface area contributed by atoms with E-state index >= 15 is 0 Å². The fraction of sp³-hybridized carbons (Fsp3) is 0.333. The average molecular weight is 212 g/mol. The normalized spacial score (nSPS) is 14.3. The van der Waals surface area contributed by atoms with E-state index < -0.39 is 18.1 Å². The molecule has 0 amide bonds. The van der Waals surface area contributed by atoms with E-state index in [0.717, 1.165) is 0 Å². The van der Waals surface area contributed by atoms with Crippen LogP contribution in [0.3, 0.4) is 0 Å². The third-order valence-electron chi connectivity index (χ3n) is 1.68. The maximum Gasteiger partial charge on any atom is 0.326 e. The lowest BCUT2D eigenvalue weighted by Gasteiger charge is -2.16. The van der Waals surface area contributed by atoms with Gasteiger partial charge in [-0.3, -0.25) is 4.79 Å². The number of aliphatic carboxylic acids is 1. The van der Waals surface area contributed by atoms with Crippen molar-refractivity contribution in [3.05, 3.63) is 24.4 Å². The molecule has 0 unspecified atom stereocenters. The molecular formula is C9H12N2O4. The Morgan fingerprint density at radius 1 is 1.60 bits per heavy atom. The first kappa shape index (κ1) is 11.4. The number of rotatable bonds is 5. The van der Waals surface area contributed by atoms with Gasteiger partial charge in [0.25, 0.3) is 0 Å². The summed E-state index contributed by atoms with van der Waals surface area (Å²) in [6.45, 7) is 1.35. The SMILES string of the molecule is C[C@@H](O)[C@H](NOc1ccccn1)C(=O)O. The van der Waals surface area contributed by atoms with Crippen LogP contribution in [0.4, 0.5) is 0 Å². The van der Waals surface area contributed by atoms with E-state index in [1.54, 1.807) is 18.2 Å². The molecule has 1 rings (SSSR count). The lowest BCUT2D eigenvalue weighted by atomic mass is 10.2. The fourth-order valence-electron chi connectivity index (χ4n) is 0.887. The van der Waals surface area contributed by atoms with Crippen molar-refractivity contribution in [1.82, 2.24) is 10.5 Å². The minimum absolute atomic E-state index is 0.240. The summed E-state index contributed by atoms with van der Waals surface area (Å²) in [5, 5.41) is 17.8. The van der Waals surface area contributed by atoms with Gasteiger partial charge in [0.05, 0.1) is 6.10 Å². The third-order valence-corrected chi connectivity index (χ3v) is 1.68. The summed E-state index contributed by atoms with van der Waals surface area (Å²) in [6, 6.07) is 3.78. The van der Waals surface area contributed by atoms with E-state index in [9.17, 15) is 4.79 Å². The zero-order valence-corrected chi connectivity index (χ0v) is 8.12. The second-order valence-corrected chi connectivity index (χ2v) is 2.94. The maximum absolute atomic E-state index is 10.6. The van der Waals surface area contributed by atoms with Crippen LogP contribution in [0.1, 0.15) is 6.92 Å². The monoisotopic (exact) mass is 212 g/mol. The highest BCUT2D eigenvalue weighted by molar-refractivity contribution is 5.73. The first-order chi connectivity index (χ1) is 7.11. The minimum atomic E-state index is -1.19. The number of nitrogens with zero attached hydrogens (tertiary/aromatic N) is 1. The Morgan fingerprint density at radius 3 is 2.80 bits per heavy atom. The summed E-state index contributed by atoms with van der Waals surface area (Å²) in [7, 11) is 0. The van der Waals surface area contributed by atoms with Gasteiger partial charge in [0.2, 0.25) is 5.88 Å². The summed E-state index contributed by atoms with van der Waals surface area (Å²) >= 11 is 0. The van der Waals surface area contributed by atoms with Gasteiger partial charge in [0.1, 0.15) is 0 Å². The standard InChI is InChI=1S/C9H12N2O4/c1-6(12)8(9(13)14)11-15-7-4-2-3-5-10-7/h2-6,8,11-12H,1H3,(H,13,14)/t6-,8+/m1/s1. The van der Waals surface area contributed by atoms with E-state index in [4.69, 9.17) is 15.1 Å². The molecule has 0 bridgehead atoms. The van der Waals surface area contributed by atoms with E-state index in [-0.39, 0.29) is 5.88 Å². The van der Waals surface area contributed by atoms with E-state index in [2.05, 4.69) is 10.5 Å². The highest BCUT2D eigenvalue weighted by atomic mass is 16.7. The maximum atomic E-state index is 10.6. The summed E-state index contributed by atoms with van der Waals surface area (Å²) in [6.07, 6.45) is 0.445. The molecule has 1 aromatic heterocycles. The summed E-state index contributed by atoms with van der Waals surface area (Å²) in [4.78, 5) is 19.3. The number of aromatic nitrogens is 1. The van der Waals surface area contributed by atoms with E-state index in [1.165, 1.54) is 13.1 Å². The number of carboxylic acids is 1. The van der Waals surface area contributed by atoms with Gasteiger partial charge < -0.3 is 15.1 Å². The van der Waals surface area contributed by atoms with Gasteiger partial charge >= 0.3 is 5.97 Å². The molecule has 82 valence electrons. The van der Waals surface area contributed by atoms with Crippen LogP contribution < -0.4 is 10.3 Å². The van der Waals surface area contributed by atoms with Gasteiger partial charge in [-0.15, -0.1) is 5.48 Å². The minimum Gasteiger partial charge on any atom is -0.480 e. The van der Waals surface area contributed by atoms with Crippen LogP contribution in [-0.2, 0) is 4.79 Å². The lowest BCUT2D eigenvalue weighted by molar-refractivity contribution is -0.145. The predicted octanol–water partition coefficient (Wildman–Crippen LogP) is -0.201. The molecule has 1 aromatic rings. The van der Waals surface area contributed by atoms with Crippen LogP contribution in [0.25, 0.3) is 0 Å². The number of carbonyl (C=O) groups is 1. The molecule has 6 heteroatoms. The largest absolute Gasteiger partial charge is 0.480 e. The number of pyridine rings is 1. The Balaban J connectivity index is 2.51. The predicted molar refractivity (Wildman–Crippen MR) is 51.1 cm³/mol. The number of carboxylic acid groups (broad SMARTS) is 1. The van der Waals surface area contributed by atoms with Crippen molar-refractivity contribution in [1.29, 1.82) is 0 Å². The van der Waals surface area contributed by atoms with E-state index in [0.29, 0.717) is 0 Å². The number of aliphatic hydroxyl groups is 1. The number of aliphatic hydroxyl groups excluding tert-OH is 1. The Hall–Kier alpha value is -1.66. The van der Waals surface area contributed by atoms with Crippen molar-refractivity contribution in [2.24, 2.45) is 0 Å². The molecular weight excluding hydrogens is 200 g/mol. The number of nitrogens with one attached hydrogen (secondary N) is 1. The fourth-order valence-corrected chi connectivity index (χ4v) is 0.887. The van der Waals surface area contributed by atoms with E-state index in [1.807, 2.05) is 0 Å². The van der Waals surface area contributed by atoms with Crippen LogP contribution in [-0.4, -0.2) is 33.3 Å².